The fraction of sp³-hybridized carbons (Fsp3) is 1.00. The van der Waals surface area contributed by atoms with Crippen LogP contribution in [0.5, 0.6) is 0 Å². The van der Waals surface area contributed by atoms with Crippen molar-refractivity contribution in [1.29, 1.82) is 0 Å². The topological polar surface area (TPSA) is 37.3 Å². The van der Waals surface area contributed by atoms with E-state index in [-0.39, 0.29) is 29.6 Å². The molecule has 1 unspecified atom stereocenters. The third kappa shape index (κ3) is 8.95. The zero-order chi connectivity index (χ0) is 4.28. The van der Waals surface area contributed by atoms with Crippen molar-refractivity contribution < 1.29 is 9.46 Å². The molecule has 0 fully saturated rings. The van der Waals surface area contributed by atoms with E-state index in [1.54, 1.807) is 6.92 Å². The van der Waals surface area contributed by atoms with Gasteiger partial charge in [0.05, 0.1) is 0 Å². The molecule has 0 heterocycles. The minimum absolute atomic E-state index is 0. The second kappa shape index (κ2) is 6.19. The van der Waals surface area contributed by atoms with Gasteiger partial charge in [-0.05, 0) is 0 Å². The first-order chi connectivity index (χ1) is 2.27. The summed E-state index contributed by atoms with van der Waals surface area (Å²) in [7, 11) is -2.12. The van der Waals surface area contributed by atoms with Crippen molar-refractivity contribution in [2.45, 2.75) is 6.92 Å². The summed E-state index contributed by atoms with van der Waals surface area (Å²) >= 11 is 0. The molecule has 1 N–H and O–H groups in total. The molecule has 0 aromatic rings. The Morgan fingerprint density at radius 2 is 2.00 bits per heavy atom. The summed E-state index contributed by atoms with van der Waals surface area (Å²) in [6, 6.07) is 0. The van der Waals surface area contributed by atoms with Gasteiger partial charge in [-0.25, -0.2) is 0 Å². The van der Waals surface area contributed by atoms with Crippen molar-refractivity contribution in [2.75, 3.05) is 6.16 Å². The molecule has 0 amide bonds. The molecule has 0 bridgehead atoms. The summed E-state index contributed by atoms with van der Waals surface area (Å²) in [5.74, 6) is 0. The number of rotatable bonds is 1. The zero-order valence-electron chi connectivity index (χ0n) is 3.06. The van der Waals surface area contributed by atoms with E-state index < -0.39 is 8.03 Å². The van der Waals surface area contributed by atoms with Crippen LogP contribution in [0.1, 0.15) is 6.92 Å². The van der Waals surface area contributed by atoms with Crippen molar-refractivity contribution in [3.8, 4) is 0 Å². The standard InChI is InChI=1S/C2H7O2P.Na.H/c1-2-5(3)4;;/h5H,2H2,1H3,(H,3,4);;. The molecular formula is C2H8NaO2P. The van der Waals surface area contributed by atoms with Crippen LogP contribution in [-0.4, -0.2) is 40.6 Å². The molecule has 0 aromatic heterocycles. The molecule has 1 atom stereocenters. The Balaban J connectivity index is 0. The maximum absolute atomic E-state index is 9.55. The molecule has 0 spiro atoms. The fourth-order valence-electron chi connectivity index (χ4n) is 0. The van der Waals surface area contributed by atoms with Gasteiger partial charge in [-0.15, -0.1) is 0 Å². The van der Waals surface area contributed by atoms with Gasteiger partial charge in [0.15, 0.2) is 8.03 Å². The fourth-order valence-corrected chi connectivity index (χ4v) is 0. The van der Waals surface area contributed by atoms with Crippen molar-refractivity contribution >= 4 is 37.6 Å². The molecule has 0 radical (unpaired) electrons. The summed E-state index contributed by atoms with van der Waals surface area (Å²) in [5.41, 5.74) is 0. The van der Waals surface area contributed by atoms with Crippen molar-refractivity contribution in [3.05, 3.63) is 0 Å². The van der Waals surface area contributed by atoms with Gasteiger partial charge in [0.25, 0.3) is 0 Å². The van der Waals surface area contributed by atoms with Gasteiger partial charge in [-0.2, -0.15) is 0 Å². The van der Waals surface area contributed by atoms with E-state index in [1.807, 2.05) is 0 Å². The van der Waals surface area contributed by atoms with Crippen LogP contribution in [0.25, 0.3) is 0 Å². The van der Waals surface area contributed by atoms with Crippen LogP contribution in [0, 0.1) is 0 Å². The van der Waals surface area contributed by atoms with Crippen LogP contribution in [0.4, 0.5) is 0 Å². The van der Waals surface area contributed by atoms with E-state index in [1.165, 1.54) is 0 Å². The number of hydrogen-bond acceptors (Lipinski definition) is 1. The van der Waals surface area contributed by atoms with E-state index in [2.05, 4.69) is 0 Å². The molecule has 2 nitrogen and oxygen atoms in total. The predicted molar refractivity (Wildman–Crippen MR) is 28.9 cm³/mol. The van der Waals surface area contributed by atoms with Crippen molar-refractivity contribution in [3.63, 3.8) is 0 Å². The monoisotopic (exact) mass is 118 g/mol. The Morgan fingerprint density at radius 1 is 1.83 bits per heavy atom. The first-order valence-corrected chi connectivity index (χ1v) is 3.05. The van der Waals surface area contributed by atoms with Crippen LogP contribution >= 0.6 is 8.03 Å². The van der Waals surface area contributed by atoms with Gasteiger partial charge < -0.3 is 4.89 Å². The first-order valence-electron chi connectivity index (χ1n) is 1.49. The molecule has 0 aliphatic heterocycles. The van der Waals surface area contributed by atoms with E-state index in [0.717, 1.165) is 0 Å². The third-order valence-electron chi connectivity index (χ3n) is 0.302. The molecular weight excluding hydrogens is 110 g/mol. The van der Waals surface area contributed by atoms with Gasteiger partial charge in [0.2, 0.25) is 0 Å². The Morgan fingerprint density at radius 3 is 2.00 bits per heavy atom. The van der Waals surface area contributed by atoms with Gasteiger partial charge in [-0.1, -0.05) is 6.92 Å². The summed E-state index contributed by atoms with van der Waals surface area (Å²) in [6.07, 6.45) is 0.407. The normalized spacial score (nSPS) is 12.3. The summed E-state index contributed by atoms with van der Waals surface area (Å²) in [4.78, 5) is 7.91. The van der Waals surface area contributed by atoms with Crippen molar-refractivity contribution in [1.82, 2.24) is 0 Å². The molecule has 0 aromatic carbocycles. The first kappa shape index (κ1) is 10.2. The van der Waals surface area contributed by atoms with Gasteiger partial charge in [-0.3, -0.25) is 4.57 Å². The Hall–Kier alpha value is 1.19. The Labute approximate surface area is 60.1 Å². The van der Waals surface area contributed by atoms with E-state index in [9.17, 15) is 4.57 Å². The molecule has 34 valence electrons. The Bertz CT molecular complexity index is 46.8. The second-order valence-electron chi connectivity index (χ2n) is 0.747. The van der Waals surface area contributed by atoms with E-state index in [0.29, 0.717) is 6.16 Å². The average Bonchev–Trinajstić information content (AvgIpc) is 1.38. The van der Waals surface area contributed by atoms with Crippen LogP contribution in [0.3, 0.4) is 0 Å². The van der Waals surface area contributed by atoms with Gasteiger partial charge in [0, 0.05) is 6.16 Å². The van der Waals surface area contributed by atoms with Crippen LogP contribution < -0.4 is 0 Å². The molecule has 0 saturated carbocycles. The molecule has 6 heavy (non-hydrogen) atoms. The molecule has 4 heteroatoms. The molecule has 0 saturated heterocycles. The van der Waals surface area contributed by atoms with Crippen LogP contribution in [0.15, 0.2) is 0 Å². The molecule has 0 rings (SSSR count). The van der Waals surface area contributed by atoms with Gasteiger partial charge >= 0.3 is 29.6 Å². The van der Waals surface area contributed by atoms with E-state index >= 15 is 0 Å². The maximum atomic E-state index is 9.55. The van der Waals surface area contributed by atoms with Crippen LogP contribution in [-0.2, 0) is 4.57 Å². The second-order valence-corrected chi connectivity index (χ2v) is 2.24. The molecule has 0 aliphatic rings. The number of hydrogen-bond donors (Lipinski definition) is 1. The Kier molecular flexibility index (Phi) is 10.6. The minimum atomic E-state index is -2.12. The summed E-state index contributed by atoms with van der Waals surface area (Å²) in [6.45, 7) is 1.68. The van der Waals surface area contributed by atoms with Crippen LogP contribution in [0.2, 0.25) is 0 Å². The summed E-state index contributed by atoms with van der Waals surface area (Å²) in [5, 5.41) is 0. The molecule has 0 aliphatic carbocycles. The van der Waals surface area contributed by atoms with Crippen molar-refractivity contribution in [2.24, 2.45) is 0 Å². The third-order valence-corrected chi connectivity index (χ3v) is 0.907. The quantitative estimate of drug-likeness (QED) is 0.383. The van der Waals surface area contributed by atoms with E-state index in [4.69, 9.17) is 4.89 Å². The van der Waals surface area contributed by atoms with Gasteiger partial charge in [0.1, 0.15) is 0 Å². The average molecular weight is 118 g/mol. The zero-order valence-corrected chi connectivity index (χ0v) is 4.06. The SMILES string of the molecule is CC[PH](=O)O.[NaH]. The summed E-state index contributed by atoms with van der Waals surface area (Å²) < 4.78 is 9.55. The predicted octanol–water partition coefficient (Wildman–Crippen LogP) is -0.175.